The molecule has 1 unspecified atom stereocenters. The van der Waals surface area contributed by atoms with Gasteiger partial charge in [0.15, 0.2) is 0 Å². The molecule has 6 heteroatoms. The lowest BCUT2D eigenvalue weighted by Gasteiger charge is -2.30. The number of carbonyl (C=O) groups is 3. The van der Waals surface area contributed by atoms with Crippen molar-refractivity contribution >= 4 is 38.2 Å². The van der Waals surface area contributed by atoms with Crippen molar-refractivity contribution in [2.45, 2.75) is 31.3 Å². The Morgan fingerprint density at radius 3 is 1.95 bits per heavy atom. The van der Waals surface area contributed by atoms with Crippen LogP contribution in [0.4, 0.5) is 0 Å². The van der Waals surface area contributed by atoms with E-state index >= 15 is 0 Å². The summed E-state index contributed by atoms with van der Waals surface area (Å²) in [5.41, 5.74) is 6.34. The average molecular weight is 629 g/mol. The zero-order valence-corrected chi connectivity index (χ0v) is 23.5. The molecule has 5 rings (SSSR count). The Hall–Kier alpha value is -3.78. The number of benzene rings is 2. The highest BCUT2D eigenvalue weighted by molar-refractivity contribution is 14.1. The van der Waals surface area contributed by atoms with Crippen molar-refractivity contribution in [1.82, 2.24) is 10.6 Å². The van der Waals surface area contributed by atoms with E-state index in [2.05, 4.69) is 47.1 Å². The predicted molar refractivity (Wildman–Crippen MR) is 162 cm³/mol. The minimum Gasteiger partial charge on any atom is -0.344 e. The van der Waals surface area contributed by atoms with Crippen LogP contribution in [0.3, 0.4) is 0 Å². The standard InChI is InChI=1S/C33H29IN2O3/c34-32(38)28(19-22-9-3-1-4-10-22)36-33(39)29(20-23-11-5-2-6-12-23)35-30(37)21-24-17-26-15-7-13-25-14-8-16-27(18-24)31(25)26/h1-18,28-29,31H,19-21H2,(H,35,37)(H,36,39)/t28-,29-/m0/s1. The normalized spacial score (nSPS) is 18.4. The van der Waals surface area contributed by atoms with Gasteiger partial charge in [-0.2, -0.15) is 0 Å². The summed E-state index contributed by atoms with van der Waals surface area (Å²) >= 11 is 1.73. The van der Waals surface area contributed by atoms with Crippen molar-refractivity contribution in [3.05, 3.63) is 143 Å². The SMILES string of the molecule is O=C(CC1=CC2=CC=CC3=CC=CC(=C1)C32)N[C@@H](Cc1ccccc1)C(=O)N[C@@H](Cc1ccccc1)C(=O)I. The van der Waals surface area contributed by atoms with Gasteiger partial charge in [-0.15, -0.1) is 0 Å². The van der Waals surface area contributed by atoms with Gasteiger partial charge in [0, 0.05) is 41.4 Å². The Morgan fingerprint density at radius 1 is 0.718 bits per heavy atom. The molecule has 0 radical (unpaired) electrons. The number of hydrogen-bond acceptors (Lipinski definition) is 3. The Kier molecular flexibility index (Phi) is 8.51. The third-order valence-electron chi connectivity index (χ3n) is 7.03. The summed E-state index contributed by atoms with van der Waals surface area (Å²) < 4.78 is -0.160. The van der Waals surface area contributed by atoms with Crippen LogP contribution in [-0.4, -0.2) is 27.7 Å². The molecule has 0 saturated heterocycles. The maximum atomic E-state index is 13.5. The van der Waals surface area contributed by atoms with Crippen molar-refractivity contribution in [3.8, 4) is 0 Å². The van der Waals surface area contributed by atoms with E-state index in [1.54, 1.807) is 22.6 Å². The zero-order chi connectivity index (χ0) is 27.2. The summed E-state index contributed by atoms with van der Waals surface area (Å²) in [6.07, 6.45) is 17.5. The second-order valence-corrected chi connectivity index (χ2v) is 11.0. The molecule has 3 atom stereocenters. The van der Waals surface area contributed by atoms with E-state index in [0.29, 0.717) is 12.8 Å². The van der Waals surface area contributed by atoms with Gasteiger partial charge in [0.2, 0.25) is 15.6 Å². The second-order valence-electron chi connectivity index (χ2n) is 9.89. The van der Waals surface area contributed by atoms with Gasteiger partial charge in [-0.1, -0.05) is 109 Å². The molecule has 2 aromatic carbocycles. The molecule has 0 saturated carbocycles. The van der Waals surface area contributed by atoms with Crippen LogP contribution >= 0.6 is 22.6 Å². The fourth-order valence-corrected chi connectivity index (χ4v) is 5.57. The fourth-order valence-electron chi connectivity index (χ4n) is 5.19. The molecular formula is C33H29IN2O3. The Morgan fingerprint density at radius 2 is 1.31 bits per heavy atom. The van der Waals surface area contributed by atoms with Crippen molar-refractivity contribution < 1.29 is 14.4 Å². The second kappa shape index (κ2) is 12.4. The number of carbonyl (C=O) groups excluding carboxylic acids is 3. The molecule has 0 heterocycles. The highest BCUT2D eigenvalue weighted by atomic mass is 127. The van der Waals surface area contributed by atoms with Crippen molar-refractivity contribution in [2.24, 2.45) is 5.92 Å². The Labute approximate surface area is 242 Å². The largest absolute Gasteiger partial charge is 0.344 e. The maximum Gasteiger partial charge on any atom is 0.243 e. The minimum atomic E-state index is -0.820. The molecule has 2 N–H and O–H groups in total. The first-order valence-corrected chi connectivity index (χ1v) is 14.1. The predicted octanol–water partition coefficient (Wildman–Crippen LogP) is 5.27. The first kappa shape index (κ1) is 26.8. The van der Waals surface area contributed by atoms with Crippen LogP contribution in [0.2, 0.25) is 0 Å². The molecule has 3 aliphatic rings. The van der Waals surface area contributed by atoms with Gasteiger partial charge < -0.3 is 10.6 Å². The summed E-state index contributed by atoms with van der Waals surface area (Å²) in [6, 6.07) is 17.6. The molecule has 3 aliphatic carbocycles. The van der Waals surface area contributed by atoms with Crippen LogP contribution in [0.1, 0.15) is 17.5 Å². The number of halogens is 1. The molecule has 0 aromatic heterocycles. The van der Waals surface area contributed by atoms with E-state index in [4.69, 9.17) is 0 Å². The quantitative estimate of drug-likeness (QED) is 0.278. The summed E-state index contributed by atoms with van der Waals surface area (Å²) in [4.78, 5) is 39.1. The van der Waals surface area contributed by atoms with E-state index in [1.165, 1.54) is 5.57 Å². The van der Waals surface area contributed by atoms with Crippen LogP contribution in [0, 0.1) is 5.92 Å². The molecule has 0 fully saturated rings. The van der Waals surface area contributed by atoms with Crippen molar-refractivity contribution in [2.75, 3.05) is 0 Å². The van der Waals surface area contributed by atoms with Crippen LogP contribution < -0.4 is 10.6 Å². The van der Waals surface area contributed by atoms with Crippen molar-refractivity contribution in [1.29, 1.82) is 0 Å². The number of allylic oxidation sites excluding steroid dienone is 11. The number of amides is 2. The van der Waals surface area contributed by atoms with Gasteiger partial charge >= 0.3 is 0 Å². The molecule has 2 amide bonds. The topological polar surface area (TPSA) is 75.3 Å². The van der Waals surface area contributed by atoms with Crippen LogP contribution in [0.15, 0.2) is 132 Å². The van der Waals surface area contributed by atoms with E-state index in [9.17, 15) is 14.4 Å². The van der Waals surface area contributed by atoms with Crippen LogP contribution in [0.25, 0.3) is 0 Å². The third kappa shape index (κ3) is 6.81. The summed E-state index contributed by atoms with van der Waals surface area (Å²) in [6.45, 7) is 0. The molecule has 196 valence electrons. The lowest BCUT2D eigenvalue weighted by molar-refractivity contribution is -0.130. The Bertz CT molecular complexity index is 1450. The smallest absolute Gasteiger partial charge is 0.243 e. The van der Waals surface area contributed by atoms with Crippen molar-refractivity contribution in [3.63, 3.8) is 0 Å². The van der Waals surface area contributed by atoms with Crippen LogP contribution in [0.5, 0.6) is 0 Å². The number of hydrogen-bond donors (Lipinski definition) is 2. The summed E-state index contributed by atoms with van der Waals surface area (Å²) in [5.74, 6) is -0.398. The summed E-state index contributed by atoms with van der Waals surface area (Å²) in [7, 11) is 0. The molecular weight excluding hydrogens is 599 g/mol. The first-order valence-electron chi connectivity index (χ1n) is 13.0. The molecule has 0 bridgehead atoms. The van der Waals surface area contributed by atoms with E-state index in [0.717, 1.165) is 27.8 Å². The Balaban J connectivity index is 1.30. The maximum absolute atomic E-state index is 13.5. The number of nitrogens with one attached hydrogen (secondary N) is 2. The zero-order valence-electron chi connectivity index (χ0n) is 21.3. The average Bonchev–Trinajstić information content (AvgIpc) is 2.93. The fraction of sp³-hybridized carbons (Fsp3) is 0.182. The molecule has 39 heavy (non-hydrogen) atoms. The van der Waals surface area contributed by atoms with Gasteiger partial charge in [-0.3, -0.25) is 14.4 Å². The van der Waals surface area contributed by atoms with Gasteiger partial charge in [0.25, 0.3) is 0 Å². The molecule has 5 nitrogen and oxygen atoms in total. The van der Waals surface area contributed by atoms with E-state index < -0.39 is 12.1 Å². The molecule has 0 aliphatic heterocycles. The minimum absolute atomic E-state index is 0.154. The highest BCUT2D eigenvalue weighted by Crippen LogP contribution is 2.40. The highest BCUT2D eigenvalue weighted by Gasteiger charge is 2.29. The number of rotatable bonds is 10. The van der Waals surface area contributed by atoms with E-state index in [-0.39, 0.29) is 27.9 Å². The monoisotopic (exact) mass is 628 g/mol. The molecule has 2 aromatic rings. The summed E-state index contributed by atoms with van der Waals surface area (Å²) in [5, 5.41) is 5.84. The van der Waals surface area contributed by atoms with Gasteiger partial charge in [-0.05, 0) is 33.4 Å². The van der Waals surface area contributed by atoms with Gasteiger partial charge in [-0.25, -0.2) is 0 Å². The van der Waals surface area contributed by atoms with Gasteiger partial charge in [0.05, 0.1) is 6.42 Å². The molecule has 0 spiro atoms. The lowest BCUT2D eigenvalue weighted by atomic mass is 9.74. The third-order valence-corrected chi connectivity index (χ3v) is 7.78. The first-order chi connectivity index (χ1) is 19.0. The van der Waals surface area contributed by atoms with E-state index in [1.807, 2.05) is 72.8 Å². The lowest BCUT2D eigenvalue weighted by Crippen LogP contribution is -2.52. The van der Waals surface area contributed by atoms with Gasteiger partial charge in [0.1, 0.15) is 12.1 Å². The van der Waals surface area contributed by atoms with Crippen LogP contribution in [-0.2, 0) is 27.2 Å².